The molecular formula is C11H10ClN3O2. The summed E-state index contributed by atoms with van der Waals surface area (Å²) in [4.78, 5) is 14.4. The van der Waals surface area contributed by atoms with Crippen molar-refractivity contribution in [2.24, 2.45) is 0 Å². The zero-order valence-electron chi connectivity index (χ0n) is 9.35. The first-order chi connectivity index (χ1) is 8.00. The Morgan fingerprint density at radius 1 is 1.41 bits per heavy atom. The number of imidazole rings is 1. The Bertz CT molecular complexity index is 592. The summed E-state index contributed by atoms with van der Waals surface area (Å²) in [6.45, 7) is 3.66. The van der Waals surface area contributed by atoms with Gasteiger partial charge >= 0.3 is 0 Å². The van der Waals surface area contributed by atoms with Crippen molar-refractivity contribution in [3.63, 3.8) is 0 Å². The first-order valence-corrected chi connectivity index (χ1v) is 5.33. The van der Waals surface area contributed by atoms with Gasteiger partial charge < -0.3 is 4.57 Å². The second-order valence-corrected chi connectivity index (χ2v) is 4.10. The molecule has 0 radical (unpaired) electrons. The van der Waals surface area contributed by atoms with Crippen molar-refractivity contribution in [3.05, 3.63) is 51.1 Å². The van der Waals surface area contributed by atoms with Gasteiger partial charge in [-0.15, -0.1) is 0 Å². The van der Waals surface area contributed by atoms with Gasteiger partial charge in [0.15, 0.2) is 0 Å². The molecule has 0 saturated heterocycles. The summed E-state index contributed by atoms with van der Waals surface area (Å²) in [5.74, 6) is 0.804. The normalized spacial score (nSPS) is 10.5. The van der Waals surface area contributed by atoms with E-state index in [0.717, 1.165) is 17.1 Å². The zero-order valence-corrected chi connectivity index (χ0v) is 10.1. The van der Waals surface area contributed by atoms with Crippen LogP contribution in [0.3, 0.4) is 0 Å². The van der Waals surface area contributed by atoms with Crippen LogP contribution in [0.25, 0.3) is 5.69 Å². The molecule has 0 unspecified atom stereocenters. The van der Waals surface area contributed by atoms with E-state index in [1.165, 1.54) is 6.07 Å². The molecule has 0 aliphatic rings. The van der Waals surface area contributed by atoms with Crippen molar-refractivity contribution in [2.45, 2.75) is 13.8 Å². The summed E-state index contributed by atoms with van der Waals surface area (Å²) in [6, 6.07) is 3.06. The lowest BCUT2D eigenvalue weighted by Gasteiger charge is -2.09. The quantitative estimate of drug-likeness (QED) is 0.609. The lowest BCUT2D eigenvalue weighted by Crippen LogP contribution is -2.00. The molecule has 0 saturated carbocycles. The Kier molecular flexibility index (Phi) is 2.85. The SMILES string of the molecule is Cc1cc([N+](=O)[O-])c(Cl)cc1-n1ccnc1C. The molecule has 0 amide bonds. The van der Waals surface area contributed by atoms with Crippen molar-refractivity contribution in [1.29, 1.82) is 0 Å². The molecule has 0 aliphatic heterocycles. The van der Waals surface area contributed by atoms with E-state index < -0.39 is 4.92 Å². The summed E-state index contributed by atoms with van der Waals surface area (Å²) in [5.41, 5.74) is 1.50. The Labute approximate surface area is 103 Å². The smallest absolute Gasteiger partial charge is 0.288 e. The van der Waals surface area contributed by atoms with E-state index >= 15 is 0 Å². The van der Waals surface area contributed by atoms with Gasteiger partial charge in [-0.05, 0) is 25.5 Å². The van der Waals surface area contributed by atoms with Crippen LogP contribution >= 0.6 is 11.6 Å². The minimum atomic E-state index is -0.486. The molecule has 5 nitrogen and oxygen atoms in total. The summed E-state index contributed by atoms with van der Waals surface area (Å²) < 4.78 is 1.84. The van der Waals surface area contributed by atoms with Crippen molar-refractivity contribution in [3.8, 4) is 5.69 Å². The van der Waals surface area contributed by atoms with Crippen molar-refractivity contribution in [1.82, 2.24) is 9.55 Å². The largest absolute Gasteiger partial charge is 0.304 e. The lowest BCUT2D eigenvalue weighted by molar-refractivity contribution is -0.384. The first kappa shape index (κ1) is 11.6. The number of aryl methyl sites for hydroxylation is 2. The third kappa shape index (κ3) is 2.01. The molecule has 0 atom stereocenters. The number of nitro benzene ring substituents is 1. The molecule has 0 fully saturated rings. The van der Waals surface area contributed by atoms with Crippen molar-refractivity contribution >= 4 is 17.3 Å². The molecule has 0 aliphatic carbocycles. The third-order valence-corrected chi connectivity index (χ3v) is 2.85. The number of hydrogen-bond acceptors (Lipinski definition) is 3. The maximum absolute atomic E-state index is 10.7. The van der Waals surface area contributed by atoms with Gasteiger partial charge in [-0.25, -0.2) is 4.98 Å². The van der Waals surface area contributed by atoms with Gasteiger partial charge in [-0.3, -0.25) is 10.1 Å². The van der Waals surface area contributed by atoms with Crippen LogP contribution in [-0.2, 0) is 0 Å². The number of aromatic nitrogens is 2. The summed E-state index contributed by atoms with van der Waals surface area (Å²) in [5, 5.41) is 10.9. The molecule has 17 heavy (non-hydrogen) atoms. The van der Waals surface area contributed by atoms with Crippen molar-refractivity contribution in [2.75, 3.05) is 0 Å². The minimum absolute atomic E-state index is 0.0781. The fourth-order valence-electron chi connectivity index (χ4n) is 1.69. The highest BCUT2D eigenvalue weighted by Gasteiger charge is 2.16. The Hall–Kier alpha value is -1.88. The number of halogens is 1. The lowest BCUT2D eigenvalue weighted by atomic mass is 10.1. The molecule has 1 heterocycles. The van der Waals surface area contributed by atoms with Crippen molar-refractivity contribution < 1.29 is 4.92 Å². The van der Waals surface area contributed by atoms with E-state index in [0.29, 0.717) is 0 Å². The van der Waals surface area contributed by atoms with Gasteiger partial charge in [0.25, 0.3) is 5.69 Å². The highest BCUT2D eigenvalue weighted by molar-refractivity contribution is 6.32. The molecule has 0 N–H and O–H groups in total. The molecule has 0 spiro atoms. The minimum Gasteiger partial charge on any atom is -0.304 e. The fourth-order valence-corrected chi connectivity index (χ4v) is 1.91. The standard InChI is InChI=1S/C11H10ClN3O2/c1-7-5-11(15(16)17)9(12)6-10(7)14-4-3-13-8(14)2/h3-6H,1-2H3. The average Bonchev–Trinajstić information content (AvgIpc) is 2.67. The van der Waals surface area contributed by atoms with Crippen LogP contribution in [0.4, 0.5) is 5.69 Å². The van der Waals surface area contributed by atoms with Crippen LogP contribution in [0.1, 0.15) is 11.4 Å². The van der Waals surface area contributed by atoms with Gasteiger partial charge in [0, 0.05) is 18.5 Å². The third-order valence-electron chi connectivity index (χ3n) is 2.55. The van der Waals surface area contributed by atoms with E-state index in [4.69, 9.17) is 11.6 Å². The average molecular weight is 252 g/mol. The molecule has 2 aromatic rings. The number of benzene rings is 1. The summed E-state index contributed by atoms with van der Waals surface area (Å²) in [6.07, 6.45) is 3.46. The molecule has 1 aromatic carbocycles. The second kappa shape index (κ2) is 4.18. The van der Waals surface area contributed by atoms with Gasteiger partial charge in [0.05, 0.1) is 10.6 Å². The van der Waals surface area contributed by atoms with E-state index in [9.17, 15) is 10.1 Å². The van der Waals surface area contributed by atoms with E-state index in [2.05, 4.69) is 4.98 Å². The summed E-state index contributed by atoms with van der Waals surface area (Å²) >= 11 is 5.89. The topological polar surface area (TPSA) is 61.0 Å². The van der Waals surface area contributed by atoms with Gasteiger partial charge in [-0.1, -0.05) is 11.6 Å². The number of nitro groups is 1. The number of nitrogens with zero attached hydrogens (tertiary/aromatic N) is 3. The number of rotatable bonds is 2. The highest BCUT2D eigenvalue weighted by Crippen LogP contribution is 2.29. The van der Waals surface area contributed by atoms with Crippen LogP contribution in [0, 0.1) is 24.0 Å². The van der Waals surface area contributed by atoms with Crippen LogP contribution in [-0.4, -0.2) is 14.5 Å². The number of hydrogen-bond donors (Lipinski definition) is 0. The second-order valence-electron chi connectivity index (χ2n) is 3.69. The summed E-state index contributed by atoms with van der Waals surface area (Å²) in [7, 11) is 0. The molecular weight excluding hydrogens is 242 g/mol. The Morgan fingerprint density at radius 2 is 2.12 bits per heavy atom. The maximum Gasteiger partial charge on any atom is 0.288 e. The van der Waals surface area contributed by atoms with Crippen LogP contribution in [0.5, 0.6) is 0 Å². The predicted octanol–water partition coefficient (Wildman–Crippen LogP) is 3.05. The van der Waals surface area contributed by atoms with Gasteiger partial charge in [-0.2, -0.15) is 0 Å². The Balaban J connectivity index is 2.62. The van der Waals surface area contributed by atoms with Crippen LogP contribution in [0.2, 0.25) is 5.02 Å². The highest BCUT2D eigenvalue weighted by atomic mass is 35.5. The van der Waals surface area contributed by atoms with Crippen LogP contribution in [0.15, 0.2) is 24.5 Å². The molecule has 1 aromatic heterocycles. The Morgan fingerprint density at radius 3 is 2.65 bits per heavy atom. The maximum atomic E-state index is 10.7. The van der Waals surface area contributed by atoms with E-state index in [-0.39, 0.29) is 10.7 Å². The fraction of sp³-hybridized carbons (Fsp3) is 0.182. The van der Waals surface area contributed by atoms with Crippen LogP contribution < -0.4 is 0 Å². The van der Waals surface area contributed by atoms with E-state index in [1.54, 1.807) is 25.4 Å². The first-order valence-electron chi connectivity index (χ1n) is 4.95. The molecule has 6 heteroatoms. The molecule has 88 valence electrons. The van der Waals surface area contributed by atoms with Gasteiger partial charge in [0.1, 0.15) is 10.8 Å². The zero-order chi connectivity index (χ0) is 12.6. The van der Waals surface area contributed by atoms with E-state index in [1.807, 2.05) is 11.5 Å². The molecule has 0 bridgehead atoms. The van der Waals surface area contributed by atoms with Gasteiger partial charge in [0.2, 0.25) is 0 Å². The monoisotopic (exact) mass is 251 g/mol. The molecule has 2 rings (SSSR count). The predicted molar refractivity (Wildman–Crippen MR) is 64.7 cm³/mol.